The van der Waals surface area contributed by atoms with Gasteiger partial charge in [0.15, 0.2) is 0 Å². The minimum absolute atomic E-state index is 0.0565. The molecular formula is C23H28F2N2O4. The molecule has 0 fully saturated rings. The predicted molar refractivity (Wildman–Crippen MR) is 112 cm³/mol. The Morgan fingerprint density at radius 1 is 1.19 bits per heavy atom. The van der Waals surface area contributed by atoms with Crippen LogP contribution in [0, 0.1) is 11.6 Å². The first-order valence-electron chi connectivity index (χ1n) is 10.3. The van der Waals surface area contributed by atoms with Gasteiger partial charge in [-0.2, -0.15) is 0 Å². The van der Waals surface area contributed by atoms with E-state index in [-0.39, 0.29) is 24.6 Å². The van der Waals surface area contributed by atoms with Crippen molar-refractivity contribution in [2.75, 3.05) is 13.2 Å². The molecule has 1 aliphatic rings. The summed E-state index contributed by atoms with van der Waals surface area (Å²) in [5.74, 6) is -1.14. The van der Waals surface area contributed by atoms with Crippen molar-refractivity contribution in [1.82, 2.24) is 10.6 Å². The van der Waals surface area contributed by atoms with Gasteiger partial charge < -0.3 is 25.6 Å². The van der Waals surface area contributed by atoms with Crippen LogP contribution in [-0.2, 0) is 17.8 Å². The molecule has 1 heterocycles. The first-order chi connectivity index (χ1) is 14.7. The number of ether oxygens (including phenoxy) is 1. The normalized spacial score (nSPS) is 17.8. The second-order valence-corrected chi connectivity index (χ2v) is 8.19. The summed E-state index contributed by atoms with van der Waals surface area (Å²) in [6, 6.07) is 8.14. The third-order valence-electron chi connectivity index (χ3n) is 5.48. The molecule has 0 radical (unpaired) electrons. The van der Waals surface area contributed by atoms with E-state index >= 15 is 0 Å². The van der Waals surface area contributed by atoms with E-state index in [1.165, 1.54) is 5.56 Å². The number of halogens is 2. The van der Waals surface area contributed by atoms with E-state index in [0.717, 1.165) is 29.3 Å². The minimum Gasteiger partial charge on any atom is -0.465 e. The predicted octanol–water partition coefficient (Wildman–Crippen LogP) is 3.49. The number of aliphatic hydroxyl groups excluding tert-OH is 1. The van der Waals surface area contributed by atoms with Gasteiger partial charge in [-0.15, -0.1) is 0 Å². The number of hydrogen-bond acceptors (Lipinski definition) is 4. The van der Waals surface area contributed by atoms with Crippen LogP contribution in [0.4, 0.5) is 13.6 Å². The van der Waals surface area contributed by atoms with Crippen LogP contribution in [0.15, 0.2) is 36.4 Å². The van der Waals surface area contributed by atoms with Gasteiger partial charge in [0, 0.05) is 12.6 Å². The van der Waals surface area contributed by atoms with E-state index in [4.69, 9.17) is 9.84 Å². The molecule has 1 aliphatic heterocycles. The Kier molecular flexibility index (Phi) is 7.59. The molecule has 4 N–H and O–H groups in total. The molecule has 2 aromatic carbocycles. The Bertz CT molecular complexity index is 902. The summed E-state index contributed by atoms with van der Waals surface area (Å²) in [6.07, 6.45) is -2.51. The number of carbonyl (C=O) groups is 1. The molecule has 168 valence electrons. The maximum Gasteiger partial charge on any atom is 0.404 e. The van der Waals surface area contributed by atoms with Gasteiger partial charge in [0.2, 0.25) is 0 Å². The van der Waals surface area contributed by atoms with Gasteiger partial charge in [-0.25, -0.2) is 13.6 Å². The summed E-state index contributed by atoms with van der Waals surface area (Å²) in [6.45, 7) is 5.24. The molecule has 2 aromatic rings. The van der Waals surface area contributed by atoms with Crippen molar-refractivity contribution in [3.05, 3.63) is 70.3 Å². The van der Waals surface area contributed by atoms with E-state index in [2.05, 4.69) is 36.6 Å². The Morgan fingerprint density at radius 3 is 2.55 bits per heavy atom. The zero-order valence-electron chi connectivity index (χ0n) is 17.6. The fraction of sp³-hybridized carbons (Fsp3) is 0.435. The van der Waals surface area contributed by atoms with Crippen molar-refractivity contribution in [2.24, 2.45) is 0 Å². The van der Waals surface area contributed by atoms with E-state index in [9.17, 15) is 18.7 Å². The van der Waals surface area contributed by atoms with Gasteiger partial charge in [-0.1, -0.05) is 32.0 Å². The van der Waals surface area contributed by atoms with Crippen molar-refractivity contribution in [1.29, 1.82) is 0 Å². The molecule has 1 amide bonds. The highest BCUT2D eigenvalue weighted by Crippen LogP contribution is 2.28. The number of carboxylic acid groups (broad SMARTS) is 1. The number of fused-ring (bicyclic) bond motifs is 1. The Labute approximate surface area is 180 Å². The van der Waals surface area contributed by atoms with Gasteiger partial charge in [0.05, 0.1) is 31.4 Å². The summed E-state index contributed by atoms with van der Waals surface area (Å²) >= 11 is 0. The van der Waals surface area contributed by atoms with E-state index in [1.807, 2.05) is 6.07 Å². The molecule has 0 spiro atoms. The van der Waals surface area contributed by atoms with Gasteiger partial charge >= 0.3 is 6.09 Å². The van der Waals surface area contributed by atoms with Crippen molar-refractivity contribution in [2.45, 2.75) is 51.0 Å². The molecule has 0 aliphatic carbocycles. The zero-order chi connectivity index (χ0) is 22.5. The third kappa shape index (κ3) is 6.22. The van der Waals surface area contributed by atoms with E-state index < -0.39 is 29.9 Å². The lowest BCUT2D eigenvalue weighted by Crippen LogP contribution is -2.49. The van der Waals surface area contributed by atoms with Crippen LogP contribution >= 0.6 is 0 Å². The zero-order valence-corrected chi connectivity index (χ0v) is 17.6. The smallest absolute Gasteiger partial charge is 0.404 e. The van der Waals surface area contributed by atoms with Crippen LogP contribution in [-0.4, -0.2) is 41.6 Å². The SMILES string of the molecule is CC(C)c1ccc2c(c1)C(NC[C@H](O)[C@H](Cc1cc(F)cc(F)c1)NC(=O)O)COC2. The summed E-state index contributed by atoms with van der Waals surface area (Å²) in [7, 11) is 0. The molecule has 0 bridgehead atoms. The topological polar surface area (TPSA) is 90.8 Å². The highest BCUT2D eigenvalue weighted by molar-refractivity contribution is 5.65. The van der Waals surface area contributed by atoms with Crippen molar-refractivity contribution in [3.63, 3.8) is 0 Å². The molecule has 3 rings (SSSR count). The molecule has 3 atom stereocenters. The van der Waals surface area contributed by atoms with Crippen LogP contribution in [0.1, 0.15) is 48.1 Å². The van der Waals surface area contributed by atoms with Gasteiger partial charge in [0.25, 0.3) is 0 Å². The van der Waals surface area contributed by atoms with Crippen LogP contribution in [0.5, 0.6) is 0 Å². The highest BCUT2D eigenvalue weighted by Gasteiger charge is 2.26. The molecule has 0 saturated heterocycles. The number of aliphatic hydroxyl groups is 1. The van der Waals surface area contributed by atoms with Crippen molar-refractivity contribution < 1.29 is 28.5 Å². The van der Waals surface area contributed by atoms with E-state index in [1.54, 1.807) is 0 Å². The minimum atomic E-state index is -1.33. The van der Waals surface area contributed by atoms with Gasteiger partial charge in [-0.3, -0.25) is 0 Å². The van der Waals surface area contributed by atoms with Crippen LogP contribution < -0.4 is 10.6 Å². The molecular weight excluding hydrogens is 406 g/mol. The monoisotopic (exact) mass is 434 g/mol. The number of benzene rings is 2. The second-order valence-electron chi connectivity index (χ2n) is 8.19. The number of rotatable bonds is 8. The molecule has 31 heavy (non-hydrogen) atoms. The molecule has 0 saturated carbocycles. The average molecular weight is 434 g/mol. The fourth-order valence-corrected chi connectivity index (χ4v) is 3.80. The number of amides is 1. The summed E-state index contributed by atoms with van der Waals surface area (Å²) in [4.78, 5) is 11.2. The first-order valence-corrected chi connectivity index (χ1v) is 10.3. The first kappa shape index (κ1) is 23.1. The van der Waals surface area contributed by atoms with Crippen LogP contribution in [0.25, 0.3) is 0 Å². The standard InChI is InChI=1S/C23H28F2N2O4/c1-13(2)15-3-4-16-11-31-12-21(19(16)8-15)26-10-22(28)20(27-23(29)30)7-14-5-17(24)9-18(25)6-14/h3-6,8-9,13,20-22,26-28H,7,10-12H2,1-2H3,(H,29,30)/t20-,21?,22-/m0/s1. The Hall–Kier alpha value is -2.55. The summed E-state index contributed by atoms with van der Waals surface area (Å²) < 4.78 is 32.6. The quantitative estimate of drug-likeness (QED) is 0.511. The highest BCUT2D eigenvalue weighted by atomic mass is 19.1. The third-order valence-corrected chi connectivity index (χ3v) is 5.48. The lowest BCUT2D eigenvalue weighted by atomic mass is 9.92. The summed E-state index contributed by atoms with van der Waals surface area (Å²) in [5, 5.41) is 25.3. The van der Waals surface area contributed by atoms with Gasteiger partial charge in [0.1, 0.15) is 11.6 Å². The molecule has 8 heteroatoms. The maximum absolute atomic E-state index is 13.5. The second kappa shape index (κ2) is 10.2. The number of hydrogen-bond donors (Lipinski definition) is 4. The molecule has 0 aromatic heterocycles. The van der Waals surface area contributed by atoms with Crippen molar-refractivity contribution in [3.8, 4) is 0 Å². The number of nitrogens with one attached hydrogen (secondary N) is 2. The van der Waals surface area contributed by atoms with Crippen LogP contribution in [0.2, 0.25) is 0 Å². The molecule has 6 nitrogen and oxygen atoms in total. The fourth-order valence-electron chi connectivity index (χ4n) is 3.80. The average Bonchev–Trinajstić information content (AvgIpc) is 2.70. The van der Waals surface area contributed by atoms with Gasteiger partial charge in [-0.05, 0) is 46.7 Å². The maximum atomic E-state index is 13.5. The van der Waals surface area contributed by atoms with E-state index in [0.29, 0.717) is 19.1 Å². The Morgan fingerprint density at radius 2 is 1.90 bits per heavy atom. The molecule has 1 unspecified atom stereocenters. The largest absolute Gasteiger partial charge is 0.465 e. The summed E-state index contributed by atoms with van der Waals surface area (Å²) in [5.41, 5.74) is 3.62. The van der Waals surface area contributed by atoms with Crippen LogP contribution in [0.3, 0.4) is 0 Å². The lowest BCUT2D eigenvalue weighted by molar-refractivity contribution is 0.0697. The van der Waals surface area contributed by atoms with Crippen molar-refractivity contribution >= 4 is 6.09 Å². The Balaban J connectivity index is 1.70. The lowest BCUT2D eigenvalue weighted by Gasteiger charge is -2.30.